The number of rotatable bonds is 3. The number of nitrogen functional groups attached to an aromatic ring is 1. The number of anilines is 1. The van der Waals surface area contributed by atoms with Crippen LogP contribution in [-0.2, 0) is 10.0 Å². The third kappa shape index (κ3) is 2.57. The van der Waals surface area contributed by atoms with Gasteiger partial charge in [0, 0.05) is 18.8 Å². The lowest BCUT2D eigenvalue weighted by Gasteiger charge is -2.17. The molecule has 1 saturated heterocycles. The topological polar surface area (TPSA) is 63.4 Å². The number of halogens is 2. The van der Waals surface area contributed by atoms with E-state index in [4.69, 9.17) is 5.73 Å². The Kier molecular flexibility index (Phi) is 3.78. The number of sulfonamides is 1. The third-order valence-corrected chi connectivity index (χ3v) is 5.36. The molecule has 0 spiro atoms. The Morgan fingerprint density at radius 1 is 1.37 bits per heavy atom. The fourth-order valence-electron chi connectivity index (χ4n) is 2.30. The number of benzene rings is 1. The van der Waals surface area contributed by atoms with E-state index in [2.05, 4.69) is 0 Å². The van der Waals surface area contributed by atoms with E-state index in [9.17, 15) is 17.2 Å². The van der Waals surface area contributed by atoms with Crippen molar-refractivity contribution in [1.29, 1.82) is 0 Å². The molecule has 0 aromatic heterocycles. The van der Waals surface area contributed by atoms with Crippen LogP contribution in [0.4, 0.5) is 14.5 Å². The van der Waals surface area contributed by atoms with E-state index in [1.165, 1.54) is 0 Å². The molecule has 1 aliphatic heterocycles. The number of hydrogen-bond acceptors (Lipinski definition) is 3. The molecule has 1 fully saturated rings. The van der Waals surface area contributed by atoms with Gasteiger partial charge in [0.05, 0.1) is 0 Å². The first-order valence-electron chi connectivity index (χ1n) is 6.11. The molecule has 4 nitrogen and oxygen atoms in total. The number of hydrogen-bond donors (Lipinski definition) is 1. The van der Waals surface area contributed by atoms with Crippen molar-refractivity contribution in [3.05, 3.63) is 23.8 Å². The second-order valence-corrected chi connectivity index (χ2v) is 6.61. The Morgan fingerprint density at radius 3 is 2.42 bits per heavy atom. The van der Waals surface area contributed by atoms with Crippen molar-refractivity contribution in [2.45, 2.75) is 24.7 Å². The lowest BCUT2D eigenvalue weighted by Crippen LogP contribution is -2.30. The maximum Gasteiger partial charge on any atom is 0.248 e. The summed E-state index contributed by atoms with van der Waals surface area (Å²) in [5.74, 6) is -2.04. The first kappa shape index (κ1) is 14.2. The van der Waals surface area contributed by atoms with Crippen molar-refractivity contribution >= 4 is 15.7 Å². The highest BCUT2D eigenvalue weighted by Crippen LogP contribution is 2.29. The van der Waals surface area contributed by atoms with Gasteiger partial charge >= 0.3 is 0 Å². The summed E-state index contributed by atoms with van der Waals surface area (Å²) >= 11 is 0. The molecule has 1 atom stereocenters. The Hall–Kier alpha value is -1.21. The molecule has 0 aliphatic carbocycles. The second kappa shape index (κ2) is 5.05. The summed E-state index contributed by atoms with van der Waals surface area (Å²) in [4.78, 5) is -0.904. The fraction of sp³-hybridized carbons (Fsp3) is 0.500. The largest absolute Gasteiger partial charge is 0.399 e. The molecular formula is C12H16F2N2O2S. The Balaban J connectivity index is 2.41. The van der Waals surface area contributed by atoms with Crippen molar-refractivity contribution in [3.8, 4) is 0 Å². The molecule has 19 heavy (non-hydrogen) atoms. The molecule has 0 bridgehead atoms. The van der Waals surface area contributed by atoms with Crippen molar-refractivity contribution in [3.63, 3.8) is 0 Å². The van der Waals surface area contributed by atoms with Gasteiger partial charge < -0.3 is 5.73 Å². The van der Waals surface area contributed by atoms with Gasteiger partial charge in [-0.3, -0.25) is 0 Å². The molecule has 0 saturated carbocycles. The highest BCUT2D eigenvalue weighted by molar-refractivity contribution is 7.89. The minimum atomic E-state index is -4.13. The lowest BCUT2D eigenvalue weighted by molar-refractivity contribution is 0.439. The first-order chi connectivity index (χ1) is 8.86. The van der Waals surface area contributed by atoms with Crippen LogP contribution >= 0.6 is 0 Å². The van der Waals surface area contributed by atoms with Crippen molar-refractivity contribution < 1.29 is 17.2 Å². The van der Waals surface area contributed by atoms with Crippen LogP contribution in [0.25, 0.3) is 0 Å². The van der Waals surface area contributed by atoms with Gasteiger partial charge in [0.25, 0.3) is 0 Å². The van der Waals surface area contributed by atoms with E-state index in [0.29, 0.717) is 19.5 Å². The monoisotopic (exact) mass is 290 g/mol. The van der Waals surface area contributed by atoms with Gasteiger partial charge in [0.15, 0.2) is 4.90 Å². The summed E-state index contributed by atoms with van der Waals surface area (Å²) < 4.78 is 53.1. The molecule has 1 aromatic carbocycles. The molecule has 1 heterocycles. The standard InChI is InChI=1S/C12H16F2N2O2S/c1-2-8-3-4-16(7-8)19(17,18)12-10(13)5-9(15)6-11(12)14/h5-6,8H,2-4,7,15H2,1H3. The van der Waals surface area contributed by atoms with Crippen molar-refractivity contribution in [2.24, 2.45) is 5.92 Å². The van der Waals surface area contributed by atoms with E-state index < -0.39 is 26.6 Å². The van der Waals surface area contributed by atoms with Crippen LogP contribution in [0.2, 0.25) is 0 Å². The molecule has 7 heteroatoms. The first-order valence-corrected chi connectivity index (χ1v) is 7.55. The predicted molar refractivity (Wildman–Crippen MR) is 67.9 cm³/mol. The zero-order valence-corrected chi connectivity index (χ0v) is 11.4. The molecule has 2 rings (SSSR count). The molecular weight excluding hydrogens is 274 g/mol. The summed E-state index contributed by atoms with van der Waals surface area (Å²) in [7, 11) is -4.13. The van der Waals surface area contributed by atoms with E-state index in [1.807, 2.05) is 6.92 Å². The Morgan fingerprint density at radius 2 is 1.95 bits per heavy atom. The SMILES string of the molecule is CCC1CCN(S(=O)(=O)c2c(F)cc(N)cc2F)C1. The molecule has 1 aromatic rings. The average Bonchev–Trinajstić information content (AvgIpc) is 2.75. The maximum atomic E-state index is 13.7. The van der Waals surface area contributed by atoms with E-state index in [0.717, 1.165) is 22.9 Å². The molecule has 0 radical (unpaired) electrons. The minimum absolute atomic E-state index is 0.137. The van der Waals surface area contributed by atoms with Crippen LogP contribution in [0.15, 0.2) is 17.0 Å². The zero-order chi connectivity index (χ0) is 14.2. The summed E-state index contributed by atoms with van der Waals surface area (Å²) in [6.07, 6.45) is 1.56. The van der Waals surface area contributed by atoms with E-state index >= 15 is 0 Å². The molecule has 1 aliphatic rings. The smallest absolute Gasteiger partial charge is 0.248 e. The van der Waals surface area contributed by atoms with Gasteiger partial charge in [-0.15, -0.1) is 0 Å². The quantitative estimate of drug-likeness (QED) is 0.866. The average molecular weight is 290 g/mol. The van der Waals surface area contributed by atoms with Crippen LogP contribution in [0, 0.1) is 17.6 Å². The van der Waals surface area contributed by atoms with E-state index in [1.54, 1.807) is 0 Å². The molecule has 1 unspecified atom stereocenters. The van der Waals surface area contributed by atoms with Crippen LogP contribution in [0.5, 0.6) is 0 Å². The van der Waals surface area contributed by atoms with Crippen molar-refractivity contribution in [1.82, 2.24) is 4.31 Å². The number of nitrogens with zero attached hydrogens (tertiary/aromatic N) is 1. The highest BCUT2D eigenvalue weighted by Gasteiger charge is 2.35. The third-order valence-electron chi connectivity index (χ3n) is 3.44. The second-order valence-electron chi connectivity index (χ2n) is 4.74. The molecule has 106 valence electrons. The van der Waals surface area contributed by atoms with Crippen LogP contribution in [-0.4, -0.2) is 25.8 Å². The van der Waals surface area contributed by atoms with Gasteiger partial charge in [0.2, 0.25) is 10.0 Å². The lowest BCUT2D eigenvalue weighted by atomic mass is 10.1. The van der Waals surface area contributed by atoms with Crippen LogP contribution in [0.1, 0.15) is 19.8 Å². The fourth-order valence-corrected chi connectivity index (χ4v) is 3.93. The highest BCUT2D eigenvalue weighted by atomic mass is 32.2. The van der Waals surface area contributed by atoms with E-state index in [-0.39, 0.29) is 11.6 Å². The maximum absolute atomic E-state index is 13.7. The van der Waals surface area contributed by atoms with Gasteiger partial charge in [-0.25, -0.2) is 17.2 Å². The van der Waals surface area contributed by atoms with Gasteiger partial charge in [-0.2, -0.15) is 4.31 Å². The Labute approximate surface area is 111 Å². The van der Waals surface area contributed by atoms with Gasteiger partial charge in [-0.05, 0) is 24.5 Å². The van der Waals surface area contributed by atoms with Crippen LogP contribution in [0.3, 0.4) is 0 Å². The molecule has 0 amide bonds. The summed E-state index contributed by atoms with van der Waals surface area (Å²) in [6, 6.07) is 1.65. The summed E-state index contributed by atoms with van der Waals surface area (Å²) in [6.45, 7) is 2.57. The summed E-state index contributed by atoms with van der Waals surface area (Å²) in [5, 5.41) is 0. The minimum Gasteiger partial charge on any atom is -0.399 e. The van der Waals surface area contributed by atoms with Crippen LogP contribution < -0.4 is 5.73 Å². The Bertz CT molecular complexity index is 566. The number of nitrogens with two attached hydrogens (primary N) is 1. The summed E-state index contributed by atoms with van der Waals surface area (Å²) in [5.41, 5.74) is 5.14. The van der Waals surface area contributed by atoms with Crippen molar-refractivity contribution in [2.75, 3.05) is 18.8 Å². The predicted octanol–water partition coefficient (Wildman–Crippen LogP) is 1.97. The van der Waals surface area contributed by atoms with Gasteiger partial charge in [-0.1, -0.05) is 13.3 Å². The molecule has 2 N–H and O–H groups in total. The van der Waals surface area contributed by atoms with Gasteiger partial charge in [0.1, 0.15) is 11.6 Å². The zero-order valence-electron chi connectivity index (χ0n) is 10.6. The normalized spacial score (nSPS) is 20.9.